The largest absolute Gasteiger partial charge is 0.366 e. The molecule has 2 aromatic heterocycles. The lowest BCUT2D eigenvalue weighted by atomic mass is 10.4. The Morgan fingerprint density at radius 2 is 1.94 bits per heavy atom. The number of aromatic amines is 1. The van der Waals surface area contributed by atoms with Crippen molar-refractivity contribution in [2.75, 3.05) is 11.1 Å². The second kappa shape index (κ2) is 4.16. The molecule has 0 radical (unpaired) electrons. The Morgan fingerprint density at radius 3 is 2.47 bits per heavy atom. The molecule has 0 bridgehead atoms. The molecule has 0 aromatic carbocycles. The van der Waals surface area contributed by atoms with Gasteiger partial charge in [-0.2, -0.15) is 4.98 Å². The molecule has 0 unspecified atom stereocenters. The van der Waals surface area contributed by atoms with Gasteiger partial charge < -0.3 is 5.73 Å². The summed E-state index contributed by atoms with van der Waals surface area (Å²) in [6, 6.07) is 1.81. The van der Waals surface area contributed by atoms with Gasteiger partial charge in [0, 0.05) is 11.4 Å². The van der Waals surface area contributed by atoms with Crippen LogP contribution in [0.3, 0.4) is 0 Å². The number of nitrogens with zero attached hydrogens (tertiary/aromatic N) is 4. The number of nitrogens with one attached hydrogen (secondary N) is 2. The standard InChI is InChI=1S/C9H11N7O/c1-4-3-5(2)12-9(11-4)14-7(17)6-13-8(10)16-15-6/h3H,1-2H3,(H3,10,13,15,16)(H,11,12,14,17). The second-order valence-corrected chi connectivity index (χ2v) is 3.47. The maximum atomic E-state index is 11.7. The van der Waals surface area contributed by atoms with Crippen LogP contribution >= 0.6 is 0 Å². The first kappa shape index (κ1) is 11.0. The molecule has 0 atom stereocenters. The molecule has 0 saturated carbocycles. The van der Waals surface area contributed by atoms with E-state index >= 15 is 0 Å². The van der Waals surface area contributed by atoms with E-state index in [1.165, 1.54) is 0 Å². The molecular formula is C9H11N7O. The van der Waals surface area contributed by atoms with Crippen molar-refractivity contribution in [3.05, 3.63) is 23.3 Å². The molecule has 0 aliphatic carbocycles. The summed E-state index contributed by atoms with van der Waals surface area (Å²) in [6.45, 7) is 3.63. The van der Waals surface area contributed by atoms with Crippen LogP contribution in [-0.4, -0.2) is 31.1 Å². The third kappa shape index (κ3) is 2.54. The predicted molar refractivity (Wildman–Crippen MR) is 60.3 cm³/mol. The summed E-state index contributed by atoms with van der Waals surface area (Å²) >= 11 is 0. The molecule has 2 rings (SSSR count). The van der Waals surface area contributed by atoms with Crippen molar-refractivity contribution in [1.82, 2.24) is 25.1 Å². The summed E-state index contributed by atoms with van der Waals surface area (Å²) in [5.74, 6) is -0.233. The number of nitrogen functional groups attached to an aromatic ring is 1. The molecule has 1 amide bonds. The zero-order valence-electron chi connectivity index (χ0n) is 9.35. The van der Waals surface area contributed by atoms with Crippen LogP contribution in [0.5, 0.6) is 0 Å². The van der Waals surface area contributed by atoms with Crippen molar-refractivity contribution < 1.29 is 4.79 Å². The highest BCUT2D eigenvalue weighted by atomic mass is 16.2. The first-order valence-corrected chi connectivity index (χ1v) is 4.86. The van der Waals surface area contributed by atoms with E-state index in [2.05, 4.69) is 30.5 Å². The Labute approximate surface area is 96.7 Å². The zero-order chi connectivity index (χ0) is 12.4. The Hall–Kier alpha value is -2.51. The number of carbonyl (C=O) groups is 1. The molecule has 2 heterocycles. The van der Waals surface area contributed by atoms with Gasteiger partial charge in [0.1, 0.15) is 0 Å². The lowest BCUT2D eigenvalue weighted by molar-refractivity contribution is 0.101. The molecule has 8 nitrogen and oxygen atoms in total. The van der Waals surface area contributed by atoms with E-state index in [1.54, 1.807) is 0 Å². The normalized spacial score (nSPS) is 10.2. The number of anilines is 2. The summed E-state index contributed by atoms with van der Waals surface area (Å²) in [5, 5.41) is 8.46. The topological polar surface area (TPSA) is 122 Å². The molecule has 0 fully saturated rings. The zero-order valence-corrected chi connectivity index (χ0v) is 9.35. The monoisotopic (exact) mass is 233 g/mol. The van der Waals surface area contributed by atoms with Crippen molar-refractivity contribution >= 4 is 17.8 Å². The van der Waals surface area contributed by atoms with Crippen LogP contribution in [-0.2, 0) is 0 Å². The van der Waals surface area contributed by atoms with Gasteiger partial charge in [0.25, 0.3) is 5.91 Å². The summed E-state index contributed by atoms with van der Waals surface area (Å²) in [5.41, 5.74) is 6.83. The molecule has 2 aromatic rings. The van der Waals surface area contributed by atoms with Crippen LogP contribution < -0.4 is 11.1 Å². The van der Waals surface area contributed by atoms with Crippen LogP contribution in [0.15, 0.2) is 6.07 Å². The van der Waals surface area contributed by atoms with E-state index in [0.717, 1.165) is 11.4 Å². The van der Waals surface area contributed by atoms with Gasteiger partial charge in [-0.25, -0.2) is 9.97 Å². The molecule has 88 valence electrons. The van der Waals surface area contributed by atoms with E-state index < -0.39 is 5.91 Å². The van der Waals surface area contributed by atoms with Crippen LogP contribution in [0.1, 0.15) is 22.0 Å². The number of nitrogens with two attached hydrogens (primary N) is 1. The molecule has 8 heteroatoms. The minimum Gasteiger partial charge on any atom is -0.366 e. The highest BCUT2D eigenvalue weighted by Gasteiger charge is 2.12. The highest BCUT2D eigenvalue weighted by Crippen LogP contribution is 2.05. The molecule has 0 spiro atoms. The van der Waals surface area contributed by atoms with Crippen molar-refractivity contribution in [2.45, 2.75) is 13.8 Å². The van der Waals surface area contributed by atoms with Gasteiger partial charge in [0.05, 0.1) is 0 Å². The quantitative estimate of drug-likeness (QED) is 0.673. The van der Waals surface area contributed by atoms with Gasteiger partial charge in [-0.15, -0.1) is 5.10 Å². The van der Waals surface area contributed by atoms with E-state index in [9.17, 15) is 4.79 Å². The molecule has 4 N–H and O–H groups in total. The van der Waals surface area contributed by atoms with E-state index in [0.29, 0.717) is 0 Å². The Bertz CT molecular complexity index is 542. The van der Waals surface area contributed by atoms with Crippen molar-refractivity contribution in [3.63, 3.8) is 0 Å². The molecule has 0 saturated heterocycles. The van der Waals surface area contributed by atoms with Crippen molar-refractivity contribution in [1.29, 1.82) is 0 Å². The Balaban J connectivity index is 2.18. The van der Waals surface area contributed by atoms with E-state index in [4.69, 9.17) is 5.73 Å². The summed E-state index contributed by atoms with van der Waals surface area (Å²) in [6.07, 6.45) is 0. The first-order chi connectivity index (χ1) is 8.04. The lowest BCUT2D eigenvalue weighted by Crippen LogP contribution is -2.16. The summed E-state index contributed by atoms with van der Waals surface area (Å²) in [4.78, 5) is 23.5. The minimum absolute atomic E-state index is 0.0106. The first-order valence-electron chi connectivity index (χ1n) is 4.86. The van der Waals surface area contributed by atoms with Crippen molar-refractivity contribution in [3.8, 4) is 0 Å². The van der Waals surface area contributed by atoms with Crippen LogP contribution in [0.25, 0.3) is 0 Å². The Morgan fingerprint density at radius 1 is 1.29 bits per heavy atom. The van der Waals surface area contributed by atoms with Crippen molar-refractivity contribution in [2.24, 2.45) is 0 Å². The van der Waals surface area contributed by atoms with Crippen LogP contribution in [0, 0.1) is 13.8 Å². The van der Waals surface area contributed by atoms with Gasteiger partial charge in [-0.1, -0.05) is 0 Å². The number of hydrogen-bond donors (Lipinski definition) is 3. The van der Waals surface area contributed by atoms with Gasteiger partial charge >= 0.3 is 0 Å². The fourth-order valence-electron chi connectivity index (χ4n) is 1.32. The number of aromatic nitrogens is 5. The molecular weight excluding hydrogens is 222 g/mol. The van der Waals surface area contributed by atoms with Gasteiger partial charge in [0.15, 0.2) is 0 Å². The number of carbonyl (C=O) groups excluding carboxylic acids is 1. The average Bonchev–Trinajstić information content (AvgIpc) is 2.63. The molecule has 17 heavy (non-hydrogen) atoms. The summed E-state index contributed by atoms with van der Waals surface area (Å²) in [7, 11) is 0. The maximum Gasteiger partial charge on any atom is 0.295 e. The third-order valence-electron chi connectivity index (χ3n) is 1.93. The SMILES string of the molecule is Cc1cc(C)nc(NC(=O)c2nc(N)n[nH]2)n1. The number of rotatable bonds is 2. The van der Waals surface area contributed by atoms with Gasteiger partial charge in [-0.3, -0.25) is 15.2 Å². The number of hydrogen-bond acceptors (Lipinski definition) is 6. The molecule has 0 aliphatic rings. The maximum absolute atomic E-state index is 11.7. The third-order valence-corrected chi connectivity index (χ3v) is 1.93. The smallest absolute Gasteiger partial charge is 0.295 e. The fourth-order valence-corrected chi connectivity index (χ4v) is 1.32. The molecule has 0 aliphatic heterocycles. The number of aryl methyl sites for hydroxylation is 2. The van der Waals surface area contributed by atoms with E-state index in [1.807, 2.05) is 19.9 Å². The average molecular weight is 233 g/mol. The van der Waals surface area contributed by atoms with Crippen LogP contribution in [0.4, 0.5) is 11.9 Å². The lowest BCUT2D eigenvalue weighted by Gasteiger charge is -2.03. The minimum atomic E-state index is -0.487. The fraction of sp³-hybridized carbons (Fsp3) is 0.222. The summed E-state index contributed by atoms with van der Waals surface area (Å²) < 4.78 is 0. The predicted octanol–water partition coefficient (Wildman–Crippen LogP) is 0.0460. The number of amides is 1. The van der Waals surface area contributed by atoms with Gasteiger partial charge in [0.2, 0.25) is 17.7 Å². The van der Waals surface area contributed by atoms with Crippen LogP contribution in [0.2, 0.25) is 0 Å². The number of H-pyrrole nitrogens is 1. The van der Waals surface area contributed by atoms with E-state index in [-0.39, 0.29) is 17.7 Å². The Kier molecular flexibility index (Phi) is 2.69. The van der Waals surface area contributed by atoms with Gasteiger partial charge in [-0.05, 0) is 19.9 Å². The second-order valence-electron chi connectivity index (χ2n) is 3.47. The highest BCUT2D eigenvalue weighted by molar-refractivity contribution is 6.00.